The van der Waals surface area contributed by atoms with Crippen molar-refractivity contribution in [1.82, 2.24) is 5.32 Å². The third-order valence-electron chi connectivity index (χ3n) is 3.47. The van der Waals surface area contributed by atoms with Crippen molar-refractivity contribution in [2.45, 2.75) is 6.54 Å². The van der Waals surface area contributed by atoms with Gasteiger partial charge in [0.25, 0.3) is 0 Å². The Balaban J connectivity index is 1.53. The second-order valence-corrected chi connectivity index (χ2v) is 4.99. The van der Waals surface area contributed by atoms with Crippen LogP contribution in [0.1, 0.15) is 15.9 Å². The van der Waals surface area contributed by atoms with E-state index in [0.717, 1.165) is 22.8 Å². The lowest BCUT2D eigenvalue weighted by molar-refractivity contribution is 0.104. The van der Waals surface area contributed by atoms with E-state index in [4.69, 9.17) is 14.2 Å². The molecule has 2 aromatic carbocycles. The molecule has 0 bridgehead atoms. The standard InChI is InChI=1S/C18H17NO4/c1-21-15-5-3-14(4-6-15)16(20)8-9-19-11-13-2-7-17-18(10-13)23-12-22-17/h2-10,19H,11-12H2,1H3. The lowest BCUT2D eigenvalue weighted by atomic mass is 10.1. The zero-order valence-corrected chi connectivity index (χ0v) is 12.7. The number of allylic oxidation sites excluding steroid dienone is 1. The molecule has 0 spiro atoms. The van der Waals surface area contributed by atoms with Crippen LogP contribution in [0.4, 0.5) is 0 Å². The summed E-state index contributed by atoms with van der Waals surface area (Å²) < 4.78 is 15.7. The van der Waals surface area contributed by atoms with Gasteiger partial charge >= 0.3 is 0 Å². The summed E-state index contributed by atoms with van der Waals surface area (Å²) >= 11 is 0. The fourth-order valence-corrected chi connectivity index (χ4v) is 2.21. The first-order valence-electron chi connectivity index (χ1n) is 7.23. The van der Waals surface area contributed by atoms with E-state index in [9.17, 15) is 4.79 Å². The third kappa shape index (κ3) is 3.63. The predicted molar refractivity (Wildman–Crippen MR) is 85.9 cm³/mol. The number of rotatable bonds is 6. The minimum Gasteiger partial charge on any atom is -0.497 e. The van der Waals surface area contributed by atoms with Gasteiger partial charge in [-0.3, -0.25) is 4.79 Å². The van der Waals surface area contributed by atoms with Crippen molar-refractivity contribution >= 4 is 5.78 Å². The fraction of sp³-hybridized carbons (Fsp3) is 0.167. The number of benzene rings is 2. The number of hydrogen-bond donors (Lipinski definition) is 1. The van der Waals surface area contributed by atoms with E-state index in [2.05, 4.69) is 5.32 Å². The number of carbonyl (C=O) groups is 1. The Bertz CT molecular complexity index is 722. The lowest BCUT2D eigenvalue weighted by Crippen LogP contribution is -2.06. The Morgan fingerprint density at radius 3 is 2.74 bits per heavy atom. The SMILES string of the molecule is COc1ccc(C(=O)C=CNCc2ccc3c(c2)OCO3)cc1. The average Bonchev–Trinajstić information content (AvgIpc) is 3.06. The zero-order valence-electron chi connectivity index (χ0n) is 12.7. The predicted octanol–water partition coefficient (Wildman–Crippen LogP) is 2.91. The summed E-state index contributed by atoms with van der Waals surface area (Å²) in [6.07, 6.45) is 3.16. The van der Waals surface area contributed by atoms with Gasteiger partial charge in [0.2, 0.25) is 6.79 Å². The van der Waals surface area contributed by atoms with E-state index < -0.39 is 0 Å². The number of ether oxygens (including phenoxy) is 3. The van der Waals surface area contributed by atoms with Crippen LogP contribution in [0.5, 0.6) is 17.2 Å². The fourth-order valence-electron chi connectivity index (χ4n) is 2.21. The van der Waals surface area contributed by atoms with Crippen LogP contribution in [0.15, 0.2) is 54.7 Å². The van der Waals surface area contributed by atoms with Crippen molar-refractivity contribution in [2.75, 3.05) is 13.9 Å². The Hall–Kier alpha value is -2.95. The van der Waals surface area contributed by atoms with E-state index in [1.807, 2.05) is 18.2 Å². The average molecular weight is 311 g/mol. The molecule has 0 radical (unpaired) electrons. The Kier molecular flexibility index (Phi) is 4.47. The molecule has 0 atom stereocenters. The highest BCUT2D eigenvalue weighted by Gasteiger charge is 2.12. The highest BCUT2D eigenvalue weighted by atomic mass is 16.7. The zero-order chi connectivity index (χ0) is 16.1. The number of methoxy groups -OCH3 is 1. The van der Waals surface area contributed by atoms with Gasteiger partial charge in [-0.25, -0.2) is 0 Å². The van der Waals surface area contributed by atoms with E-state index in [-0.39, 0.29) is 12.6 Å². The number of ketones is 1. The summed E-state index contributed by atoms with van der Waals surface area (Å²) in [6.45, 7) is 0.867. The number of fused-ring (bicyclic) bond motifs is 1. The van der Waals surface area contributed by atoms with Gasteiger partial charge in [0.1, 0.15) is 5.75 Å². The highest BCUT2D eigenvalue weighted by molar-refractivity contribution is 6.04. The highest BCUT2D eigenvalue weighted by Crippen LogP contribution is 2.32. The van der Waals surface area contributed by atoms with Crippen LogP contribution in [-0.4, -0.2) is 19.7 Å². The van der Waals surface area contributed by atoms with Crippen molar-refractivity contribution in [3.05, 3.63) is 65.9 Å². The van der Waals surface area contributed by atoms with Gasteiger partial charge < -0.3 is 19.5 Å². The molecule has 1 heterocycles. The molecule has 0 aliphatic carbocycles. The minimum absolute atomic E-state index is 0.0640. The molecule has 1 N–H and O–H groups in total. The largest absolute Gasteiger partial charge is 0.497 e. The van der Waals surface area contributed by atoms with Gasteiger partial charge in [0.15, 0.2) is 17.3 Å². The number of carbonyl (C=O) groups excluding carboxylic acids is 1. The van der Waals surface area contributed by atoms with Gasteiger partial charge in [-0.1, -0.05) is 6.07 Å². The Morgan fingerprint density at radius 1 is 1.17 bits per heavy atom. The molecule has 0 unspecified atom stereocenters. The first kappa shape index (κ1) is 15.0. The van der Waals surface area contributed by atoms with Crippen molar-refractivity contribution in [3.8, 4) is 17.2 Å². The second-order valence-electron chi connectivity index (χ2n) is 4.99. The van der Waals surface area contributed by atoms with E-state index in [1.165, 1.54) is 6.08 Å². The number of hydrogen-bond acceptors (Lipinski definition) is 5. The van der Waals surface area contributed by atoms with Crippen LogP contribution in [0.3, 0.4) is 0 Å². The minimum atomic E-state index is -0.0640. The molecule has 0 fully saturated rings. The summed E-state index contributed by atoms with van der Waals surface area (Å²) in [7, 11) is 1.59. The van der Waals surface area contributed by atoms with Crippen LogP contribution in [0.2, 0.25) is 0 Å². The van der Waals surface area contributed by atoms with E-state index in [1.54, 1.807) is 37.6 Å². The number of nitrogens with one attached hydrogen (secondary N) is 1. The molecular formula is C18H17NO4. The third-order valence-corrected chi connectivity index (χ3v) is 3.47. The monoisotopic (exact) mass is 311 g/mol. The maximum absolute atomic E-state index is 12.0. The summed E-state index contributed by atoms with van der Waals surface area (Å²) in [5.41, 5.74) is 1.67. The van der Waals surface area contributed by atoms with Crippen LogP contribution in [0.25, 0.3) is 0 Å². The molecule has 23 heavy (non-hydrogen) atoms. The summed E-state index contributed by atoms with van der Waals surface area (Å²) in [5.74, 6) is 2.18. The quantitative estimate of drug-likeness (QED) is 0.656. The Labute approximate surface area is 134 Å². The topological polar surface area (TPSA) is 56.8 Å². The molecule has 0 aromatic heterocycles. The van der Waals surface area contributed by atoms with Crippen molar-refractivity contribution in [2.24, 2.45) is 0 Å². The van der Waals surface area contributed by atoms with Gasteiger partial charge in [-0.15, -0.1) is 0 Å². The molecule has 118 valence electrons. The van der Waals surface area contributed by atoms with E-state index >= 15 is 0 Å². The van der Waals surface area contributed by atoms with Crippen LogP contribution >= 0.6 is 0 Å². The summed E-state index contributed by atoms with van der Waals surface area (Å²) in [5, 5.41) is 3.09. The molecule has 2 aromatic rings. The normalized spacial score (nSPS) is 12.4. The van der Waals surface area contributed by atoms with E-state index in [0.29, 0.717) is 12.1 Å². The molecule has 3 rings (SSSR count). The lowest BCUT2D eigenvalue weighted by Gasteiger charge is -2.03. The first-order valence-corrected chi connectivity index (χ1v) is 7.23. The van der Waals surface area contributed by atoms with Crippen LogP contribution in [-0.2, 0) is 6.54 Å². The van der Waals surface area contributed by atoms with Crippen molar-refractivity contribution in [3.63, 3.8) is 0 Å². The maximum atomic E-state index is 12.0. The molecule has 5 heteroatoms. The second kappa shape index (κ2) is 6.87. The maximum Gasteiger partial charge on any atom is 0.231 e. The first-order chi connectivity index (χ1) is 11.3. The van der Waals surface area contributed by atoms with Crippen LogP contribution in [0, 0.1) is 0 Å². The molecule has 0 saturated heterocycles. The van der Waals surface area contributed by atoms with Crippen LogP contribution < -0.4 is 19.5 Å². The molecule has 1 aliphatic heterocycles. The molecule has 0 saturated carbocycles. The molecule has 5 nitrogen and oxygen atoms in total. The summed E-state index contributed by atoms with van der Waals surface area (Å²) in [4.78, 5) is 12.0. The summed E-state index contributed by atoms with van der Waals surface area (Å²) in [6, 6.07) is 12.8. The van der Waals surface area contributed by atoms with Gasteiger partial charge in [0.05, 0.1) is 7.11 Å². The van der Waals surface area contributed by atoms with Crippen molar-refractivity contribution < 1.29 is 19.0 Å². The van der Waals surface area contributed by atoms with Gasteiger partial charge in [-0.05, 0) is 42.0 Å². The van der Waals surface area contributed by atoms with Gasteiger partial charge in [0, 0.05) is 24.4 Å². The Morgan fingerprint density at radius 2 is 1.96 bits per heavy atom. The molecule has 1 aliphatic rings. The van der Waals surface area contributed by atoms with Gasteiger partial charge in [-0.2, -0.15) is 0 Å². The smallest absolute Gasteiger partial charge is 0.231 e. The molecule has 0 amide bonds. The molecular weight excluding hydrogens is 294 g/mol. The van der Waals surface area contributed by atoms with Crippen molar-refractivity contribution in [1.29, 1.82) is 0 Å².